The van der Waals surface area contributed by atoms with Crippen LogP contribution in [0.4, 0.5) is 5.13 Å². The summed E-state index contributed by atoms with van der Waals surface area (Å²) in [4.78, 5) is 17.0. The molecule has 39 heavy (non-hydrogen) atoms. The van der Waals surface area contributed by atoms with E-state index < -0.39 is 0 Å². The number of benzene rings is 1. The van der Waals surface area contributed by atoms with Gasteiger partial charge in [0.2, 0.25) is 0 Å². The lowest BCUT2D eigenvalue weighted by Crippen LogP contribution is -2.27. The van der Waals surface area contributed by atoms with Crippen molar-refractivity contribution in [1.29, 1.82) is 0 Å². The predicted octanol–water partition coefficient (Wildman–Crippen LogP) is 7.83. The first-order valence-corrected chi connectivity index (χ1v) is 15.1. The highest BCUT2D eigenvalue weighted by atomic mass is 32.1. The largest absolute Gasteiger partial charge is 0.384 e. The summed E-state index contributed by atoms with van der Waals surface area (Å²) in [6.45, 7) is 10.4. The second kappa shape index (κ2) is 15.6. The molecular weight excluding hydrogens is 504 g/mol. The van der Waals surface area contributed by atoms with E-state index in [9.17, 15) is 4.79 Å². The van der Waals surface area contributed by atoms with Crippen LogP contribution < -0.4 is 10.6 Å². The number of aromatic nitrogens is 2. The van der Waals surface area contributed by atoms with Gasteiger partial charge in [0.05, 0.1) is 17.8 Å². The van der Waals surface area contributed by atoms with Crippen LogP contribution in [0.15, 0.2) is 59.4 Å². The minimum absolute atomic E-state index is 0.0595. The van der Waals surface area contributed by atoms with Gasteiger partial charge in [-0.05, 0) is 55.7 Å². The van der Waals surface area contributed by atoms with Gasteiger partial charge in [0.25, 0.3) is 5.91 Å². The van der Waals surface area contributed by atoms with E-state index in [0.29, 0.717) is 12.1 Å². The number of rotatable bonds is 13. The van der Waals surface area contributed by atoms with E-state index in [2.05, 4.69) is 61.9 Å². The molecular formula is C32H46N4O2S. The van der Waals surface area contributed by atoms with Crippen molar-refractivity contribution in [3.05, 3.63) is 70.5 Å². The fraction of sp³-hybridized carbons (Fsp3) is 0.500. The topological polar surface area (TPSA) is 68.2 Å². The number of carbonyl (C=O) groups is 1. The molecule has 2 aromatic heterocycles. The zero-order chi connectivity index (χ0) is 28.2. The normalized spacial score (nSPS) is 13.7. The Bertz CT molecular complexity index is 1210. The van der Waals surface area contributed by atoms with Crippen molar-refractivity contribution in [3.8, 4) is 11.3 Å². The molecule has 4 rings (SSSR count). The molecule has 1 fully saturated rings. The Morgan fingerprint density at radius 1 is 1.18 bits per heavy atom. The van der Waals surface area contributed by atoms with Crippen molar-refractivity contribution in [3.63, 3.8) is 0 Å². The summed E-state index contributed by atoms with van der Waals surface area (Å²) < 4.78 is 7.03. The van der Waals surface area contributed by atoms with E-state index in [1.54, 1.807) is 18.4 Å². The summed E-state index contributed by atoms with van der Waals surface area (Å²) >= 11 is 1.59. The van der Waals surface area contributed by atoms with E-state index in [4.69, 9.17) is 9.72 Å². The fourth-order valence-electron chi connectivity index (χ4n) is 4.29. The fourth-order valence-corrected chi connectivity index (χ4v) is 5.04. The van der Waals surface area contributed by atoms with E-state index in [1.165, 1.54) is 36.8 Å². The number of aryl methyl sites for hydroxylation is 2. The van der Waals surface area contributed by atoms with Gasteiger partial charge < -0.3 is 19.9 Å². The summed E-state index contributed by atoms with van der Waals surface area (Å²) in [7, 11) is 3.70. The number of allylic oxidation sites excluding steroid dienone is 1. The molecule has 212 valence electrons. The number of methoxy groups -OCH3 is 1. The Hall–Kier alpha value is -2.90. The van der Waals surface area contributed by atoms with Crippen molar-refractivity contribution in [2.75, 3.05) is 25.6 Å². The molecule has 0 spiro atoms. The third-order valence-electron chi connectivity index (χ3n) is 7.27. The van der Waals surface area contributed by atoms with E-state index in [0.717, 1.165) is 53.4 Å². The van der Waals surface area contributed by atoms with Crippen LogP contribution in [0.3, 0.4) is 0 Å². The quantitative estimate of drug-likeness (QED) is 0.228. The number of anilines is 1. The van der Waals surface area contributed by atoms with Crippen molar-refractivity contribution in [2.24, 2.45) is 18.9 Å². The smallest absolute Gasteiger partial charge is 0.253 e. The average molecular weight is 551 g/mol. The van der Waals surface area contributed by atoms with Crippen LogP contribution in [0, 0.1) is 18.8 Å². The maximum atomic E-state index is 12.3. The molecule has 6 nitrogen and oxygen atoms in total. The van der Waals surface area contributed by atoms with Gasteiger partial charge in [0, 0.05) is 49.8 Å². The molecule has 2 atom stereocenters. The zero-order valence-corrected chi connectivity index (χ0v) is 25.4. The lowest BCUT2D eigenvalue weighted by molar-refractivity contribution is 0.0957. The van der Waals surface area contributed by atoms with Gasteiger partial charge in [-0.25, -0.2) is 4.98 Å². The van der Waals surface area contributed by atoms with E-state index >= 15 is 0 Å². The molecule has 1 aliphatic carbocycles. The number of ether oxygens (including phenoxy) is 1. The summed E-state index contributed by atoms with van der Waals surface area (Å²) in [5.74, 6) is 1.61. The standard InChI is InChI=1S/C21H22N4OS.C11H24O/c1-14-4-3-5-16(10-14)19-13-27-21(24-19)23-18(15-6-7-15)11-22-20(26)17-8-9-25(2)12-17;1-5-10(3)7-8-11(6-2)9-12-4/h3-5,8-10,12-13H,6-7,11H2,1-2H3,(H,22,26)(H,23,24);10-11H,5-9H2,1-4H3. The third-order valence-corrected chi connectivity index (χ3v) is 8.02. The van der Waals surface area contributed by atoms with Crippen molar-refractivity contribution >= 4 is 22.4 Å². The summed E-state index contributed by atoms with van der Waals surface area (Å²) in [6, 6.07) is 10.2. The van der Waals surface area contributed by atoms with Gasteiger partial charge in [-0.15, -0.1) is 11.3 Å². The Morgan fingerprint density at radius 2 is 1.97 bits per heavy atom. The summed E-state index contributed by atoms with van der Waals surface area (Å²) in [6.07, 6.45) is 11.1. The third kappa shape index (κ3) is 10.3. The van der Waals surface area contributed by atoms with Crippen LogP contribution in [-0.2, 0) is 11.8 Å². The maximum absolute atomic E-state index is 12.3. The van der Waals surface area contributed by atoms with Crippen LogP contribution in [0.1, 0.15) is 75.2 Å². The molecule has 2 heterocycles. The van der Waals surface area contributed by atoms with Gasteiger partial charge in [0.1, 0.15) is 0 Å². The monoisotopic (exact) mass is 550 g/mol. The molecule has 1 aromatic carbocycles. The number of carbonyl (C=O) groups excluding carboxylic acids is 1. The second-order valence-corrected chi connectivity index (χ2v) is 11.5. The van der Waals surface area contributed by atoms with Crippen molar-refractivity contribution in [1.82, 2.24) is 14.9 Å². The van der Waals surface area contributed by atoms with Crippen LogP contribution >= 0.6 is 11.3 Å². The highest BCUT2D eigenvalue weighted by molar-refractivity contribution is 7.14. The Morgan fingerprint density at radius 3 is 2.59 bits per heavy atom. The lowest BCUT2D eigenvalue weighted by Gasteiger charge is -2.15. The van der Waals surface area contributed by atoms with Gasteiger partial charge in [-0.2, -0.15) is 0 Å². The van der Waals surface area contributed by atoms with Crippen LogP contribution in [0.5, 0.6) is 0 Å². The Labute approximate surface area is 238 Å². The molecule has 3 aromatic rings. The van der Waals surface area contributed by atoms with Crippen LogP contribution in [0.2, 0.25) is 0 Å². The van der Waals surface area contributed by atoms with Crippen LogP contribution in [0.25, 0.3) is 11.3 Å². The number of hydrogen-bond acceptors (Lipinski definition) is 5. The number of amides is 1. The molecule has 1 amide bonds. The van der Waals surface area contributed by atoms with Gasteiger partial charge in [0.15, 0.2) is 5.13 Å². The number of nitrogens with one attached hydrogen (secondary N) is 2. The Kier molecular flexibility index (Phi) is 12.3. The van der Waals surface area contributed by atoms with Crippen molar-refractivity contribution in [2.45, 2.75) is 66.2 Å². The molecule has 1 aliphatic rings. The molecule has 0 aliphatic heterocycles. The van der Waals surface area contributed by atoms with Gasteiger partial charge in [-0.1, -0.05) is 63.8 Å². The van der Waals surface area contributed by atoms with Crippen LogP contribution in [-0.4, -0.2) is 35.7 Å². The SMILES string of the molecule is CCC(C)CCC(CC)COC.Cc1cccc(-c2csc(NC(CNC(=O)c3ccn(C)c3)=C3CC3)n2)c1. The predicted molar refractivity (Wildman–Crippen MR) is 164 cm³/mol. The molecule has 0 radical (unpaired) electrons. The lowest BCUT2D eigenvalue weighted by atomic mass is 9.94. The minimum atomic E-state index is -0.0595. The number of hydrogen-bond donors (Lipinski definition) is 2. The minimum Gasteiger partial charge on any atom is -0.384 e. The molecule has 0 bridgehead atoms. The van der Waals surface area contributed by atoms with E-state index in [-0.39, 0.29) is 5.91 Å². The Balaban J connectivity index is 0.000000298. The number of nitrogens with zero attached hydrogens (tertiary/aromatic N) is 2. The highest BCUT2D eigenvalue weighted by Gasteiger charge is 2.20. The van der Waals surface area contributed by atoms with E-state index in [1.807, 2.05) is 36.1 Å². The van der Waals surface area contributed by atoms with Gasteiger partial charge in [-0.3, -0.25) is 4.79 Å². The average Bonchev–Trinajstić information content (AvgIpc) is 3.52. The zero-order valence-electron chi connectivity index (χ0n) is 24.5. The highest BCUT2D eigenvalue weighted by Crippen LogP contribution is 2.33. The molecule has 1 saturated carbocycles. The maximum Gasteiger partial charge on any atom is 0.253 e. The first-order valence-electron chi connectivity index (χ1n) is 14.2. The molecule has 0 saturated heterocycles. The summed E-state index contributed by atoms with van der Waals surface area (Å²) in [5.41, 5.74) is 6.41. The van der Waals surface area contributed by atoms with Gasteiger partial charge >= 0.3 is 0 Å². The molecule has 2 unspecified atom stereocenters. The first-order chi connectivity index (χ1) is 18.8. The molecule has 7 heteroatoms. The van der Waals surface area contributed by atoms with Crippen molar-refractivity contribution < 1.29 is 9.53 Å². The summed E-state index contributed by atoms with van der Waals surface area (Å²) in [5, 5.41) is 9.35. The molecule has 2 N–H and O–H groups in total. The first kappa shape index (κ1) is 30.6. The second-order valence-electron chi connectivity index (χ2n) is 10.7. The number of thiazole rings is 1.